The molecule has 2 atom stereocenters. The highest BCUT2D eigenvalue weighted by Crippen LogP contribution is 2.16. The van der Waals surface area contributed by atoms with Crippen LogP contribution in [0, 0.1) is 0 Å². The first-order valence-corrected chi connectivity index (χ1v) is 11.8. The van der Waals surface area contributed by atoms with Gasteiger partial charge in [-0.3, -0.25) is 29.2 Å². The number of carbonyl (C=O) groups is 2. The number of hydrogen-bond donors (Lipinski definition) is 6. The van der Waals surface area contributed by atoms with Gasteiger partial charge in [-0.1, -0.05) is 12.1 Å². The molecule has 2 unspecified atom stereocenters. The lowest BCUT2D eigenvalue weighted by molar-refractivity contribution is -0.141. The molecule has 0 spiro atoms. The summed E-state index contributed by atoms with van der Waals surface area (Å²) in [7, 11) is 0. The lowest BCUT2D eigenvalue weighted by Crippen LogP contribution is -2.53. The molecule has 1 fully saturated rings. The SMILES string of the molecule is CC(O)Nc1ccc(CC2CN(CC(=O)O)CCN(CO)CCN(CO)CCN2CC(=O)O)cc1. The number of nitrogens with zero attached hydrogens (tertiary/aromatic N) is 4. The van der Waals surface area contributed by atoms with Crippen molar-refractivity contribution in [2.24, 2.45) is 0 Å². The van der Waals surface area contributed by atoms with Crippen molar-refractivity contribution < 1.29 is 35.1 Å². The van der Waals surface area contributed by atoms with E-state index in [-0.39, 0.29) is 32.6 Å². The van der Waals surface area contributed by atoms with E-state index in [4.69, 9.17) is 0 Å². The Balaban J connectivity index is 2.32. The molecule has 12 nitrogen and oxygen atoms in total. The minimum Gasteiger partial charge on any atom is -0.480 e. The maximum atomic E-state index is 11.7. The van der Waals surface area contributed by atoms with Crippen molar-refractivity contribution in [3.05, 3.63) is 29.8 Å². The number of hydrogen-bond acceptors (Lipinski definition) is 10. The zero-order valence-corrected chi connectivity index (χ0v) is 20.3. The van der Waals surface area contributed by atoms with Crippen LogP contribution < -0.4 is 5.32 Å². The molecule has 198 valence electrons. The summed E-state index contributed by atoms with van der Waals surface area (Å²) in [6.07, 6.45) is -0.211. The molecule has 35 heavy (non-hydrogen) atoms. The largest absolute Gasteiger partial charge is 0.480 e. The van der Waals surface area contributed by atoms with Crippen LogP contribution in [0.15, 0.2) is 24.3 Å². The van der Waals surface area contributed by atoms with Gasteiger partial charge in [0.25, 0.3) is 0 Å². The van der Waals surface area contributed by atoms with Crippen LogP contribution in [0.2, 0.25) is 0 Å². The predicted molar refractivity (Wildman–Crippen MR) is 130 cm³/mol. The Morgan fingerprint density at radius 2 is 1.40 bits per heavy atom. The molecule has 1 heterocycles. The van der Waals surface area contributed by atoms with E-state index in [1.165, 1.54) is 0 Å². The maximum absolute atomic E-state index is 11.7. The number of nitrogens with one attached hydrogen (secondary N) is 1. The predicted octanol–water partition coefficient (Wildman–Crippen LogP) is -1.36. The van der Waals surface area contributed by atoms with Crippen LogP contribution in [0.1, 0.15) is 12.5 Å². The fourth-order valence-electron chi connectivity index (χ4n) is 4.19. The normalized spacial score (nSPS) is 21.1. The maximum Gasteiger partial charge on any atom is 0.317 e. The van der Waals surface area contributed by atoms with Crippen LogP contribution in [-0.4, -0.2) is 142 Å². The van der Waals surface area contributed by atoms with Crippen molar-refractivity contribution in [1.82, 2.24) is 19.6 Å². The number of carboxylic acids is 2. The Morgan fingerprint density at radius 3 is 1.89 bits per heavy atom. The Morgan fingerprint density at radius 1 is 0.886 bits per heavy atom. The number of aliphatic hydroxyl groups is 3. The highest BCUT2D eigenvalue weighted by Gasteiger charge is 2.26. The number of benzene rings is 1. The van der Waals surface area contributed by atoms with E-state index in [1.807, 2.05) is 29.2 Å². The molecule has 0 bridgehead atoms. The first-order chi connectivity index (χ1) is 16.7. The molecule has 0 aromatic heterocycles. The van der Waals surface area contributed by atoms with Crippen molar-refractivity contribution in [2.45, 2.75) is 25.6 Å². The number of aliphatic carboxylic acids is 2. The summed E-state index contributed by atoms with van der Waals surface area (Å²) in [4.78, 5) is 30.4. The zero-order chi connectivity index (χ0) is 25.8. The van der Waals surface area contributed by atoms with Gasteiger partial charge in [-0.15, -0.1) is 0 Å². The summed E-state index contributed by atoms with van der Waals surface area (Å²) in [5.74, 6) is -1.96. The van der Waals surface area contributed by atoms with Gasteiger partial charge in [0, 0.05) is 57.5 Å². The van der Waals surface area contributed by atoms with E-state index in [1.54, 1.807) is 21.6 Å². The fourth-order valence-corrected chi connectivity index (χ4v) is 4.19. The highest BCUT2D eigenvalue weighted by atomic mass is 16.4. The molecule has 1 aromatic carbocycles. The molecule has 12 heteroatoms. The standard InChI is InChI=1S/C23H39N5O7/c1-18(31)24-20-4-2-19(3-5-20)12-21-13-27(14-22(32)33)9-8-25(16-29)6-7-26(17-30)10-11-28(21)15-23(34)35/h2-5,18,21,24,29-31H,6-17H2,1H3,(H,32,33)(H,34,35). The lowest BCUT2D eigenvalue weighted by Gasteiger charge is -2.37. The van der Waals surface area contributed by atoms with Crippen LogP contribution in [0.4, 0.5) is 5.69 Å². The molecular formula is C23H39N5O7. The highest BCUT2D eigenvalue weighted by molar-refractivity contribution is 5.69. The van der Waals surface area contributed by atoms with E-state index in [0.29, 0.717) is 52.2 Å². The third-order valence-electron chi connectivity index (χ3n) is 6.05. The summed E-state index contributed by atoms with van der Waals surface area (Å²) in [6, 6.07) is 7.16. The Hall–Kier alpha value is -2.32. The molecule has 1 aromatic rings. The molecule has 0 saturated carbocycles. The first-order valence-electron chi connectivity index (χ1n) is 11.8. The second-order valence-electron chi connectivity index (χ2n) is 8.89. The summed E-state index contributed by atoms with van der Waals surface area (Å²) in [5.41, 5.74) is 1.69. The molecule has 1 saturated heterocycles. The van der Waals surface area contributed by atoms with Gasteiger partial charge in [-0.25, -0.2) is 0 Å². The summed E-state index contributed by atoms with van der Waals surface area (Å²) < 4.78 is 0. The van der Waals surface area contributed by atoms with E-state index >= 15 is 0 Å². The van der Waals surface area contributed by atoms with Crippen molar-refractivity contribution in [3.63, 3.8) is 0 Å². The third-order valence-corrected chi connectivity index (χ3v) is 6.05. The van der Waals surface area contributed by atoms with E-state index < -0.39 is 18.2 Å². The smallest absolute Gasteiger partial charge is 0.317 e. The van der Waals surface area contributed by atoms with Gasteiger partial charge >= 0.3 is 11.9 Å². The molecule has 0 aliphatic carbocycles. The van der Waals surface area contributed by atoms with Crippen molar-refractivity contribution in [2.75, 3.05) is 77.7 Å². The second-order valence-corrected chi connectivity index (χ2v) is 8.89. The van der Waals surface area contributed by atoms with E-state index in [9.17, 15) is 35.1 Å². The Labute approximate surface area is 206 Å². The monoisotopic (exact) mass is 497 g/mol. The van der Waals surface area contributed by atoms with Crippen LogP contribution in [0.3, 0.4) is 0 Å². The van der Waals surface area contributed by atoms with Crippen LogP contribution in [0.5, 0.6) is 0 Å². The van der Waals surface area contributed by atoms with Crippen molar-refractivity contribution in [1.29, 1.82) is 0 Å². The second kappa shape index (κ2) is 14.9. The van der Waals surface area contributed by atoms with Gasteiger partial charge in [0.05, 0.1) is 26.6 Å². The van der Waals surface area contributed by atoms with E-state index in [0.717, 1.165) is 11.3 Å². The average Bonchev–Trinajstić information content (AvgIpc) is 2.79. The molecule has 1 aliphatic heterocycles. The lowest BCUT2D eigenvalue weighted by atomic mass is 10.0. The first kappa shape index (κ1) is 28.9. The number of rotatable bonds is 10. The van der Waals surface area contributed by atoms with Crippen LogP contribution >= 0.6 is 0 Å². The fraction of sp³-hybridized carbons (Fsp3) is 0.652. The number of anilines is 1. The van der Waals surface area contributed by atoms with Crippen LogP contribution in [0.25, 0.3) is 0 Å². The quantitative estimate of drug-likeness (QED) is 0.211. The average molecular weight is 498 g/mol. The molecule has 6 N–H and O–H groups in total. The molecule has 0 radical (unpaired) electrons. The molecule has 0 amide bonds. The van der Waals surface area contributed by atoms with Gasteiger partial charge < -0.3 is 30.8 Å². The van der Waals surface area contributed by atoms with Crippen molar-refractivity contribution in [3.8, 4) is 0 Å². The minimum absolute atomic E-state index is 0.179. The summed E-state index contributed by atoms with van der Waals surface area (Å²) >= 11 is 0. The molecule has 2 rings (SSSR count). The summed E-state index contributed by atoms with van der Waals surface area (Å²) in [6.45, 7) is 3.77. The van der Waals surface area contributed by atoms with Gasteiger partial charge in [-0.05, 0) is 31.0 Å². The zero-order valence-electron chi connectivity index (χ0n) is 20.3. The topological polar surface area (TPSA) is 160 Å². The van der Waals surface area contributed by atoms with Gasteiger partial charge in [0.2, 0.25) is 0 Å². The van der Waals surface area contributed by atoms with Crippen molar-refractivity contribution >= 4 is 17.6 Å². The minimum atomic E-state index is -0.981. The number of aliphatic hydroxyl groups excluding tert-OH is 3. The van der Waals surface area contributed by atoms with Gasteiger partial charge in [0.1, 0.15) is 6.23 Å². The van der Waals surface area contributed by atoms with E-state index in [2.05, 4.69) is 5.32 Å². The number of carboxylic acid groups (broad SMARTS) is 2. The van der Waals surface area contributed by atoms with Crippen LogP contribution in [-0.2, 0) is 16.0 Å². The van der Waals surface area contributed by atoms with Gasteiger partial charge in [-0.2, -0.15) is 0 Å². The third kappa shape index (κ3) is 10.9. The van der Waals surface area contributed by atoms with Gasteiger partial charge in [0.15, 0.2) is 0 Å². The Bertz CT molecular complexity index is 780. The summed E-state index contributed by atoms with van der Waals surface area (Å²) in [5, 5.41) is 50.9. The molecule has 1 aliphatic rings. The molecular weight excluding hydrogens is 458 g/mol. The Kier molecular flexibility index (Phi) is 12.3.